The van der Waals surface area contributed by atoms with Crippen LogP contribution < -0.4 is 5.32 Å². The van der Waals surface area contributed by atoms with E-state index in [4.69, 9.17) is 4.74 Å². The van der Waals surface area contributed by atoms with Crippen molar-refractivity contribution in [3.8, 4) is 0 Å². The van der Waals surface area contributed by atoms with Crippen molar-refractivity contribution in [3.05, 3.63) is 0 Å². The van der Waals surface area contributed by atoms with Crippen LogP contribution in [0.15, 0.2) is 0 Å². The lowest BCUT2D eigenvalue weighted by Crippen LogP contribution is -2.46. The Morgan fingerprint density at radius 2 is 2.21 bits per heavy atom. The van der Waals surface area contributed by atoms with Gasteiger partial charge in [0, 0.05) is 25.7 Å². The first kappa shape index (κ1) is 12.0. The molecule has 0 aromatic rings. The molecule has 3 heteroatoms. The Labute approximate surface area is 87.8 Å². The minimum atomic E-state index is 0.0663. The third kappa shape index (κ3) is 3.56. The highest BCUT2D eigenvalue weighted by Crippen LogP contribution is 2.26. The summed E-state index contributed by atoms with van der Waals surface area (Å²) in [4.78, 5) is 2.45. The van der Waals surface area contributed by atoms with E-state index in [-0.39, 0.29) is 5.60 Å². The van der Waals surface area contributed by atoms with Gasteiger partial charge in [-0.15, -0.1) is 0 Å². The monoisotopic (exact) mass is 200 g/mol. The number of nitrogens with one attached hydrogen (secondary N) is 1. The SMILES string of the molecule is CNCCN(C)C1CCOC(C)(C)C1. The Morgan fingerprint density at radius 3 is 2.79 bits per heavy atom. The summed E-state index contributed by atoms with van der Waals surface area (Å²) in [6.45, 7) is 7.46. The second-order valence-corrected chi connectivity index (χ2v) is 4.84. The van der Waals surface area contributed by atoms with E-state index in [1.807, 2.05) is 7.05 Å². The predicted octanol–water partition coefficient (Wildman–Crippen LogP) is 1.10. The van der Waals surface area contributed by atoms with Crippen molar-refractivity contribution in [2.75, 3.05) is 33.8 Å². The maximum atomic E-state index is 5.71. The molecule has 1 atom stereocenters. The van der Waals surface area contributed by atoms with Gasteiger partial charge in [-0.05, 0) is 40.8 Å². The summed E-state index contributed by atoms with van der Waals surface area (Å²) in [6, 6.07) is 0.687. The molecule has 1 aliphatic rings. The summed E-state index contributed by atoms with van der Waals surface area (Å²) in [7, 11) is 4.21. The molecule has 1 unspecified atom stereocenters. The Hall–Kier alpha value is -0.120. The van der Waals surface area contributed by atoms with E-state index < -0.39 is 0 Å². The van der Waals surface area contributed by atoms with Crippen LogP contribution in [0.2, 0.25) is 0 Å². The summed E-state index contributed by atoms with van der Waals surface area (Å²) in [5.41, 5.74) is 0.0663. The number of hydrogen-bond donors (Lipinski definition) is 1. The molecule has 0 aliphatic carbocycles. The third-order valence-electron chi connectivity index (χ3n) is 3.01. The number of nitrogens with zero attached hydrogens (tertiary/aromatic N) is 1. The normalized spacial score (nSPS) is 26.8. The van der Waals surface area contributed by atoms with E-state index in [2.05, 4.69) is 31.1 Å². The molecule has 0 saturated carbocycles. The van der Waals surface area contributed by atoms with Crippen molar-refractivity contribution in [1.29, 1.82) is 0 Å². The molecule has 1 heterocycles. The minimum Gasteiger partial charge on any atom is -0.375 e. The maximum absolute atomic E-state index is 5.71. The van der Waals surface area contributed by atoms with Gasteiger partial charge in [0.2, 0.25) is 0 Å². The number of hydrogen-bond acceptors (Lipinski definition) is 3. The highest BCUT2D eigenvalue weighted by molar-refractivity contribution is 4.83. The molecule has 1 N–H and O–H groups in total. The fraction of sp³-hybridized carbons (Fsp3) is 1.00. The van der Waals surface area contributed by atoms with Crippen LogP contribution >= 0.6 is 0 Å². The molecule has 84 valence electrons. The molecule has 0 aromatic heterocycles. The maximum Gasteiger partial charge on any atom is 0.0641 e. The lowest BCUT2D eigenvalue weighted by atomic mass is 9.93. The molecule has 1 saturated heterocycles. The average molecular weight is 200 g/mol. The van der Waals surface area contributed by atoms with Crippen LogP contribution in [0.3, 0.4) is 0 Å². The fourth-order valence-corrected chi connectivity index (χ4v) is 2.05. The van der Waals surface area contributed by atoms with Crippen LogP contribution in [0, 0.1) is 0 Å². The number of likely N-dealkylation sites (N-methyl/N-ethyl adjacent to an activating group) is 2. The number of ether oxygens (including phenoxy) is 1. The third-order valence-corrected chi connectivity index (χ3v) is 3.01. The van der Waals surface area contributed by atoms with Gasteiger partial charge in [0.25, 0.3) is 0 Å². The summed E-state index contributed by atoms with van der Waals surface area (Å²) >= 11 is 0. The van der Waals surface area contributed by atoms with Gasteiger partial charge in [0.05, 0.1) is 5.60 Å². The van der Waals surface area contributed by atoms with Crippen LogP contribution in [-0.4, -0.2) is 50.3 Å². The zero-order valence-corrected chi connectivity index (χ0v) is 9.97. The molecule has 0 amide bonds. The molecule has 1 aliphatic heterocycles. The van der Waals surface area contributed by atoms with Crippen LogP contribution in [0.5, 0.6) is 0 Å². The molecule has 1 rings (SSSR count). The van der Waals surface area contributed by atoms with E-state index in [1.54, 1.807) is 0 Å². The highest BCUT2D eigenvalue weighted by atomic mass is 16.5. The molecular formula is C11H24N2O. The first-order valence-corrected chi connectivity index (χ1v) is 5.54. The molecule has 0 aromatic carbocycles. The summed E-state index contributed by atoms with van der Waals surface area (Å²) in [5.74, 6) is 0. The van der Waals surface area contributed by atoms with Crippen LogP contribution in [0.1, 0.15) is 26.7 Å². The summed E-state index contributed by atoms with van der Waals surface area (Å²) < 4.78 is 5.71. The Bertz CT molecular complexity index is 171. The lowest BCUT2D eigenvalue weighted by molar-refractivity contribution is -0.0796. The van der Waals surface area contributed by atoms with E-state index >= 15 is 0 Å². The summed E-state index contributed by atoms with van der Waals surface area (Å²) in [6.07, 6.45) is 2.32. The summed E-state index contributed by atoms with van der Waals surface area (Å²) in [5, 5.41) is 3.19. The van der Waals surface area contributed by atoms with Crippen molar-refractivity contribution >= 4 is 0 Å². The van der Waals surface area contributed by atoms with Crippen LogP contribution in [0.25, 0.3) is 0 Å². The molecule has 0 radical (unpaired) electrons. The van der Waals surface area contributed by atoms with Crippen molar-refractivity contribution < 1.29 is 4.74 Å². The Morgan fingerprint density at radius 1 is 1.50 bits per heavy atom. The first-order valence-electron chi connectivity index (χ1n) is 5.54. The first-order chi connectivity index (χ1) is 6.55. The molecule has 0 bridgehead atoms. The predicted molar refractivity (Wildman–Crippen MR) is 59.6 cm³/mol. The molecule has 1 fully saturated rings. The van der Waals surface area contributed by atoms with Gasteiger partial charge in [0.15, 0.2) is 0 Å². The molecule has 0 spiro atoms. The topological polar surface area (TPSA) is 24.5 Å². The van der Waals surface area contributed by atoms with Crippen molar-refractivity contribution in [1.82, 2.24) is 10.2 Å². The Kier molecular flexibility index (Phi) is 4.35. The highest BCUT2D eigenvalue weighted by Gasteiger charge is 2.30. The van der Waals surface area contributed by atoms with Crippen molar-refractivity contribution in [3.63, 3.8) is 0 Å². The Balaban J connectivity index is 2.35. The van der Waals surface area contributed by atoms with E-state index in [1.165, 1.54) is 6.42 Å². The molecule has 14 heavy (non-hydrogen) atoms. The fourth-order valence-electron chi connectivity index (χ4n) is 2.05. The zero-order chi connectivity index (χ0) is 10.6. The standard InChI is InChI=1S/C11H24N2O/c1-11(2)9-10(5-8-14-11)13(4)7-6-12-3/h10,12H,5-9H2,1-4H3. The van der Waals surface area contributed by atoms with E-state index in [0.29, 0.717) is 6.04 Å². The van der Waals surface area contributed by atoms with Gasteiger partial charge in [-0.2, -0.15) is 0 Å². The van der Waals surface area contributed by atoms with Crippen LogP contribution in [0.4, 0.5) is 0 Å². The molecule has 3 nitrogen and oxygen atoms in total. The zero-order valence-electron chi connectivity index (χ0n) is 9.97. The number of rotatable bonds is 4. The smallest absolute Gasteiger partial charge is 0.0641 e. The van der Waals surface area contributed by atoms with Crippen molar-refractivity contribution in [2.24, 2.45) is 0 Å². The van der Waals surface area contributed by atoms with E-state index in [9.17, 15) is 0 Å². The second-order valence-electron chi connectivity index (χ2n) is 4.84. The molecular weight excluding hydrogens is 176 g/mol. The van der Waals surface area contributed by atoms with Gasteiger partial charge < -0.3 is 15.0 Å². The van der Waals surface area contributed by atoms with Gasteiger partial charge in [0.1, 0.15) is 0 Å². The van der Waals surface area contributed by atoms with E-state index in [0.717, 1.165) is 26.1 Å². The average Bonchev–Trinajstić information content (AvgIpc) is 2.12. The minimum absolute atomic E-state index is 0.0663. The lowest BCUT2D eigenvalue weighted by Gasteiger charge is -2.39. The van der Waals surface area contributed by atoms with Gasteiger partial charge in [-0.3, -0.25) is 0 Å². The largest absolute Gasteiger partial charge is 0.375 e. The quantitative estimate of drug-likeness (QED) is 0.735. The van der Waals surface area contributed by atoms with Crippen LogP contribution in [-0.2, 0) is 4.74 Å². The second kappa shape index (κ2) is 5.10. The van der Waals surface area contributed by atoms with Gasteiger partial charge in [-0.1, -0.05) is 0 Å². The van der Waals surface area contributed by atoms with Gasteiger partial charge >= 0.3 is 0 Å². The van der Waals surface area contributed by atoms with Crippen molar-refractivity contribution in [2.45, 2.75) is 38.3 Å². The van der Waals surface area contributed by atoms with Gasteiger partial charge in [-0.25, -0.2) is 0 Å².